The van der Waals surface area contributed by atoms with Crippen LogP contribution in [-0.2, 0) is 11.3 Å². The van der Waals surface area contributed by atoms with Crippen LogP contribution < -0.4 is 5.32 Å². The van der Waals surface area contributed by atoms with Gasteiger partial charge in [0.2, 0.25) is 5.91 Å². The molecule has 0 aliphatic rings. The molecule has 1 rings (SSSR count). The van der Waals surface area contributed by atoms with Crippen molar-refractivity contribution < 1.29 is 15.0 Å². The Bertz CT molecular complexity index is 273. The molecule has 6 nitrogen and oxygen atoms in total. The molecule has 0 aromatic carbocycles. The number of hydrogen-bond donors (Lipinski definition) is 3. The van der Waals surface area contributed by atoms with Crippen molar-refractivity contribution in [3.8, 4) is 0 Å². The number of aromatic nitrogens is 2. The summed E-state index contributed by atoms with van der Waals surface area (Å²) < 4.78 is 1.47. The van der Waals surface area contributed by atoms with E-state index in [1.165, 1.54) is 4.68 Å². The van der Waals surface area contributed by atoms with Gasteiger partial charge in [-0.25, -0.2) is 0 Å². The molecule has 0 bridgehead atoms. The SMILES string of the molecule is O=C(Cn1cccn1)NCC(O)CO. The van der Waals surface area contributed by atoms with Gasteiger partial charge in [0.25, 0.3) is 0 Å². The second-order valence-electron chi connectivity index (χ2n) is 2.84. The maximum absolute atomic E-state index is 11.2. The number of nitrogens with one attached hydrogen (secondary N) is 1. The quantitative estimate of drug-likeness (QED) is 0.530. The lowest BCUT2D eigenvalue weighted by Gasteiger charge is -2.08. The fourth-order valence-electron chi connectivity index (χ4n) is 0.893. The fourth-order valence-corrected chi connectivity index (χ4v) is 0.893. The standard InChI is InChI=1S/C8H13N3O3/c12-6-7(13)4-9-8(14)5-11-3-1-2-10-11/h1-3,7,12-13H,4-6H2,(H,9,14). The van der Waals surface area contributed by atoms with Gasteiger partial charge < -0.3 is 15.5 Å². The first-order chi connectivity index (χ1) is 6.72. The average molecular weight is 199 g/mol. The minimum atomic E-state index is -0.906. The van der Waals surface area contributed by atoms with Gasteiger partial charge in [0.15, 0.2) is 0 Å². The molecule has 78 valence electrons. The van der Waals surface area contributed by atoms with Crippen LogP contribution in [-0.4, -0.2) is 45.2 Å². The average Bonchev–Trinajstić information content (AvgIpc) is 2.66. The topological polar surface area (TPSA) is 87.4 Å². The summed E-state index contributed by atoms with van der Waals surface area (Å²) in [5.41, 5.74) is 0. The van der Waals surface area contributed by atoms with Gasteiger partial charge in [-0.05, 0) is 6.07 Å². The van der Waals surface area contributed by atoms with Crippen LogP contribution in [0, 0.1) is 0 Å². The summed E-state index contributed by atoms with van der Waals surface area (Å²) >= 11 is 0. The van der Waals surface area contributed by atoms with Crippen molar-refractivity contribution in [2.75, 3.05) is 13.2 Å². The van der Waals surface area contributed by atoms with E-state index in [0.29, 0.717) is 0 Å². The fraction of sp³-hybridized carbons (Fsp3) is 0.500. The molecule has 0 aliphatic carbocycles. The Kier molecular flexibility index (Phi) is 4.09. The molecular formula is C8H13N3O3. The second-order valence-corrected chi connectivity index (χ2v) is 2.84. The molecule has 0 aliphatic heterocycles. The number of carbonyl (C=O) groups is 1. The molecule has 0 radical (unpaired) electrons. The summed E-state index contributed by atoms with van der Waals surface area (Å²) in [4.78, 5) is 11.2. The van der Waals surface area contributed by atoms with Crippen molar-refractivity contribution in [1.82, 2.24) is 15.1 Å². The molecule has 14 heavy (non-hydrogen) atoms. The van der Waals surface area contributed by atoms with E-state index in [0.717, 1.165) is 0 Å². The largest absolute Gasteiger partial charge is 0.394 e. The summed E-state index contributed by atoms with van der Waals surface area (Å²) in [5, 5.41) is 23.7. The van der Waals surface area contributed by atoms with Gasteiger partial charge in [0.1, 0.15) is 6.54 Å². The Hall–Kier alpha value is -1.40. The van der Waals surface area contributed by atoms with E-state index < -0.39 is 6.10 Å². The number of nitrogens with zero attached hydrogens (tertiary/aromatic N) is 2. The Labute approximate surface area is 81.2 Å². The first-order valence-electron chi connectivity index (χ1n) is 4.25. The van der Waals surface area contributed by atoms with Crippen molar-refractivity contribution in [3.05, 3.63) is 18.5 Å². The van der Waals surface area contributed by atoms with Crippen LogP contribution >= 0.6 is 0 Å². The van der Waals surface area contributed by atoms with Crippen molar-refractivity contribution in [2.24, 2.45) is 0 Å². The molecule has 1 heterocycles. The summed E-state index contributed by atoms with van der Waals surface area (Å²) in [5.74, 6) is -0.249. The van der Waals surface area contributed by atoms with Crippen molar-refractivity contribution >= 4 is 5.91 Å². The van der Waals surface area contributed by atoms with Crippen LogP contribution in [0.5, 0.6) is 0 Å². The molecule has 1 atom stereocenters. The summed E-state index contributed by atoms with van der Waals surface area (Å²) in [6, 6.07) is 1.72. The molecule has 0 saturated carbocycles. The van der Waals surface area contributed by atoms with E-state index in [-0.39, 0.29) is 25.6 Å². The van der Waals surface area contributed by atoms with Crippen molar-refractivity contribution in [2.45, 2.75) is 12.6 Å². The molecule has 6 heteroatoms. The van der Waals surface area contributed by atoms with Crippen LogP contribution in [0.4, 0.5) is 0 Å². The minimum absolute atomic E-state index is 0.0522. The van der Waals surface area contributed by atoms with E-state index >= 15 is 0 Å². The van der Waals surface area contributed by atoms with E-state index in [1.807, 2.05) is 0 Å². The number of amides is 1. The number of aliphatic hydroxyl groups is 2. The first-order valence-corrected chi connectivity index (χ1v) is 4.25. The zero-order chi connectivity index (χ0) is 10.4. The number of aliphatic hydroxyl groups excluding tert-OH is 2. The maximum atomic E-state index is 11.2. The number of carbonyl (C=O) groups excluding carboxylic acids is 1. The van der Waals surface area contributed by atoms with Gasteiger partial charge in [-0.1, -0.05) is 0 Å². The Morgan fingerprint density at radius 2 is 2.43 bits per heavy atom. The molecule has 1 aromatic heterocycles. The van der Waals surface area contributed by atoms with Crippen LogP contribution in [0.2, 0.25) is 0 Å². The first kappa shape index (κ1) is 10.7. The molecule has 0 saturated heterocycles. The predicted molar refractivity (Wildman–Crippen MR) is 48.3 cm³/mol. The third-order valence-corrected chi connectivity index (χ3v) is 1.61. The van der Waals surface area contributed by atoms with Gasteiger partial charge in [-0.15, -0.1) is 0 Å². The van der Waals surface area contributed by atoms with Gasteiger partial charge in [-0.3, -0.25) is 9.48 Å². The highest BCUT2D eigenvalue weighted by Crippen LogP contribution is 1.84. The van der Waals surface area contributed by atoms with Crippen molar-refractivity contribution in [3.63, 3.8) is 0 Å². The van der Waals surface area contributed by atoms with E-state index in [9.17, 15) is 4.79 Å². The molecule has 1 amide bonds. The van der Waals surface area contributed by atoms with Crippen LogP contribution in [0.1, 0.15) is 0 Å². The van der Waals surface area contributed by atoms with E-state index in [2.05, 4.69) is 10.4 Å². The predicted octanol–water partition coefficient (Wildman–Crippen LogP) is -1.65. The summed E-state index contributed by atoms with van der Waals surface area (Å²) in [6.45, 7) is -0.191. The van der Waals surface area contributed by atoms with Gasteiger partial charge >= 0.3 is 0 Å². The lowest BCUT2D eigenvalue weighted by molar-refractivity contribution is -0.122. The highest BCUT2D eigenvalue weighted by Gasteiger charge is 2.05. The maximum Gasteiger partial charge on any atom is 0.241 e. The molecule has 1 aromatic rings. The van der Waals surface area contributed by atoms with E-state index in [4.69, 9.17) is 10.2 Å². The summed E-state index contributed by atoms with van der Waals surface area (Å²) in [6.07, 6.45) is 2.34. The van der Waals surface area contributed by atoms with Crippen LogP contribution in [0.3, 0.4) is 0 Å². The molecule has 3 N–H and O–H groups in total. The molecule has 0 spiro atoms. The lowest BCUT2D eigenvalue weighted by atomic mass is 10.4. The smallest absolute Gasteiger partial charge is 0.241 e. The number of hydrogen-bond acceptors (Lipinski definition) is 4. The Balaban J connectivity index is 2.23. The third kappa shape index (κ3) is 3.55. The second kappa shape index (κ2) is 5.36. The third-order valence-electron chi connectivity index (χ3n) is 1.61. The van der Waals surface area contributed by atoms with E-state index in [1.54, 1.807) is 18.5 Å². The molecule has 1 unspecified atom stereocenters. The minimum Gasteiger partial charge on any atom is -0.394 e. The molecule has 0 fully saturated rings. The number of rotatable bonds is 5. The van der Waals surface area contributed by atoms with Gasteiger partial charge in [0.05, 0.1) is 12.7 Å². The highest BCUT2D eigenvalue weighted by atomic mass is 16.3. The van der Waals surface area contributed by atoms with Crippen molar-refractivity contribution in [1.29, 1.82) is 0 Å². The van der Waals surface area contributed by atoms with Crippen LogP contribution in [0.15, 0.2) is 18.5 Å². The summed E-state index contributed by atoms with van der Waals surface area (Å²) in [7, 11) is 0. The zero-order valence-corrected chi connectivity index (χ0v) is 7.63. The molecular weight excluding hydrogens is 186 g/mol. The zero-order valence-electron chi connectivity index (χ0n) is 7.63. The van der Waals surface area contributed by atoms with Crippen LogP contribution in [0.25, 0.3) is 0 Å². The highest BCUT2D eigenvalue weighted by molar-refractivity contribution is 5.75. The monoisotopic (exact) mass is 199 g/mol. The van der Waals surface area contributed by atoms with Gasteiger partial charge in [-0.2, -0.15) is 5.10 Å². The van der Waals surface area contributed by atoms with Gasteiger partial charge in [0, 0.05) is 18.9 Å². The Morgan fingerprint density at radius 1 is 1.64 bits per heavy atom. The Morgan fingerprint density at radius 3 is 3.00 bits per heavy atom. The lowest BCUT2D eigenvalue weighted by Crippen LogP contribution is -2.35. The normalized spacial score (nSPS) is 12.4.